The Kier molecular flexibility index (Phi) is 12.9. The summed E-state index contributed by atoms with van der Waals surface area (Å²) in [4.78, 5) is 20.3. The first-order valence-electron chi connectivity index (χ1n) is 18.1. The minimum atomic E-state index is -3.12. The van der Waals surface area contributed by atoms with Crippen LogP contribution >= 0.6 is 0 Å². The molecule has 0 aliphatic rings. The first kappa shape index (κ1) is 40.2. The molecule has 0 atom stereocenters. The predicted octanol–water partition coefficient (Wildman–Crippen LogP) is 10.7. The van der Waals surface area contributed by atoms with E-state index in [4.69, 9.17) is 0 Å². The fourth-order valence-corrected chi connectivity index (χ4v) is 22.7. The third-order valence-corrected chi connectivity index (χ3v) is 24.9. The average Bonchev–Trinajstić information content (AvgIpc) is 3.76. The summed E-state index contributed by atoms with van der Waals surface area (Å²) in [6.07, 6.45) is 16.7. The summed E-state index contributed by atoms with van der Waals surface area (Å²) >= 11 is -2.65. The number of imidazole rings is 2. The molecule has 1 aromatic carbocycles. The molecule has 0 saturated carbocycles. The van der Waals surface area contributed by atoms with Gasteiger partial charge in [0, 0.05) is 36.6 Å². The van der Waals surface area contributed by atoms with E-state index in [9.17, 15) is 22.0 Å². The first-order valence-corrected chi connectivity index (χ1v) is 25.6. The van der Waals surface area contributed by atoms with Gasteiger partial charge in [-0.15, -0.1) is 0 Å². The SMILES string of the molecule is CC(F)(F)c1ccn2c(-c3ccc(F)c(-c4cccnc4)c3F)cnc2n1.CCC[CH2][Sn]([CH2]CCC)([CH2]CCC)[c]1cnc2nc(C(C)(F)F)ccn12. The maximum absolute atomic E-state index is 15.1. The molecule has 0 spiro atoms. The second-order valence-electron chi connectivity index (χ2n) is 13.6. The van der Waals surface area contributed by atoms with Crippen LogP contribution in [0.1, 0.15) is 84.5 Å². The zero-order valence-electron chi connectivity index (χ0n) is 30.7. The Morgan fingerprint density at radius 1 is 0.679 bits per heavy atom. The van der Waals surface area contributed by atoms with E-state index in [1.807, 2.05) is 10.6 Å². The summed E-state index contributed by atoms with van der Waals surface area (Å²) in [5.41, 5.74) is -0.234. The molecular weight excluding hydrogens is 799 g/mol. The van der Waals surface area contributed by atoms with E-state index in [1.165, 1.54) is 96.9 Å². The van der Waals surface area contributed by atoms with Gasteiger partial charge in [-0.3, -0.25) is 9.38 Å². The number of hydrogen-bond donors (Lipinski definition) is 0. The van der Waals surface area contributed by atoms with Crippen LogP contribution in [-0.4, -0.2) is 52.1 Å². The van der Waals surface area contributed by atoms with Gasteiger partial charge in [0.1, 0.15) is 17.3 Å². The zero-order chi connectivity index (χ0) is 38.4. The van der Waals surface area contributed by atoms with Crippen molar-refractivity contribution >= 4 is 33.6 Å². The summed E-state index contributed by atoms with van der Waals surface area (Å²) in [6, 6.07) is 8.14. The van der Waals surface area contributed by atoms with Crippen LogP contribution in [-0.2, 0) is 11.8 Å². The third-order valence-electron chi connectivity index (χ3n) is 9.55. The van der Waals surface area contributed by atoms with Gasteiger partial charge in [-0.2, -0.15) is 8.78 Å². The summed E-state index contributed by atoms with van der Waals surface area (Å²) in [7, 11) is 0. The second kappa shape index (κ2) is 17.0. The van der Waals surface area contributed by atoms with Crippen LogP contribution in [0.15, 0.2) is 73.6 Å². The van der Waals surface area contributed by atoms with Crippen molar-refractivity contribution in [3.05, 3.63) is 96.6 Å². The van der Waals surface area contributed by atoms with Crippen molar-refractivity contribution in [1.82, 2.24) is 33.7 Å². The van der Waals surface area contributed by atoms with E-state index < -0.39 is 47.6 Å². The number of aromatic nitrogens is 7. The van der Waals surface area contributed by atoms with Gasteiger partial charge in [0.15, 0.2) is 0 Å². The van der Waals surface area contributed by atoms with Gasteiger partial charge in [-0.1, -0.05) is 6.07 Å². The standard InChI is InChI=1S/C19H12F4N4.C8H6F2N3.3C4H9.Sn/c1-19(22,23)15-6-8-27-14(10-25-18(27)26-15)12-4-5-13(20)16(17(12)21)11-3-2-7-24-9-11;1-8(9,10)6-2-4-13-5-3-11-7(13)12-6;3*1-3-4-2;/h2-10H,1H3;2-4H,1H3;3*1,3-4H2,2H3;. The van der Waals surface area contributed by atoms with Crippen molar-refractivity contribution in [3.8, 4) is 22.4 Å². The molecule has 53 heavy (non-hydrogen) atoms. The van der Waals surface area contributed by atoms with Gasteiger partial charge in [0.2, 0.25) is 5.78 Å². The molecule has 14 heteroatoms. The molecule has 0 radical (unpaired) electrons. The normalized spacial score (nSPS) is 12.4. The van der Waals surface area contributed by atoms with Gasteiger partial charge in [-0.05, 0) is 24.3 Å². The quantitative estimate of drug-likeness (QED) is 0.0807. The van der Waals surface area contributed by atoms with Crippen LogP contribution in [0.4, 0.5) is 26.3 Å². The molecule has 0 aliphatic heterocycles. The summed E-state index contributed by atoms with van der Waals surface area (Å²) < 4.78 is 92.3. The molecule has 0 N–H and O–H groups in total. The van der Waals surface area contributed by atoms with Gasteiger partial charge >= 0.3 is 161 Å². The van der Waals surface area contributed by atoms with Crippen LogP contribution in [0, 0.1) is 11.6 Å². The molecule has 5 heterocycles. The number of pyridine rings is 1. The van der Waals surface area contributed by atoms with E-state index in [0.29, 0.717) is 5.78 Å². The molecule has 5 aromatic heterocycles. The van der Waals surface area contributed by atoms with Crippen molar-refractivity contribution in [3.63, 3.8) is 0 Å². The Labute approximate surface area is 309 Å². The van der Waals surface area contributed by atoms with Crippen molar-refractivity contribution in [1.29, 1.82) is 0 Å². The molecule has 0 amide bonds. The number of nitrogens with zero attached hydrogens (tertiary/aromatic N) is 7. The third kappa shape index (κ3) is 9.03. The molecular formula is C39H45F6N7Sn. The number of hydrogen-bond acceptors (Lipinski definition) is 5. The van der Waals surface area contributed by atoms with Crippen molar-refractivity contribution in [2.45, 2.75) is 98.3 Å². The van der Waals surface area contributed by atoms with Gasteiger partial charge in [0.25, 0.3) is 5.92 Å². The number of unbranched alkanes of at least 4 members (excludes halogenated alkanes) is 3. The van der Waals surface area contributed by atoms with Crippen molar-refractivity contribution in [2.24, 2.45) is 0 Å². The molecule has 7 nitrogen and oxygen atoms in total. The van der Waals surface area contributed by atoms with Gasteiger partial charge in [-0.25, -0.2) is 18.7 Å². The zero-order valence-corrected chi connectivity index (χ0v) is 33.5. The Morgan fingerprint density at radius 3 is 1.75 bits per heavy atom. The van der Waals surface area contributed by atoms with Crippen LogP contribution in [0.3, 0.4) is 0 Å². The number of benzene rings is 1. The molecule has 0 saturated heterocycles. The number of rotatable bonds is 14. The van der Waals surface area contributed by atoms with Crippen molar-refractivity contribution in [2.75, 3.05) is 0 Å². The number of fused-ring (bicyclic) bond motifs is 2. The van der Waals surface area contributed by atoms with Crippen LogP contribution < -0.4 is 3.71 Å². The van der Waals surface area contributed by atoms with E-state index in [-0.39, 0.29) is 33.9 Å². The average molecular weight is 845 g/mol. The van der Waals surface area contributed by atoms with Crippen LogP contribution in [0.2, 0.25) is 13.3 Å². The van der Waals surface area contributed by atoms with E-state index in [2.05, 4.69) is 45.7 Å². The Morgan fingerprint density at radius 2 is 1.23 bits per heavy atom. The van der Waals surface area contributed by atoms with E-state index >= 15 is 4.39 Å². The Bertz CT molecular complexity index is 2100. The molecule has 6 aromatic rings. The Hall–Kier alpha value is -4.01. The Balaban J connectivity index is 0.000000205. The second-order valence-corrected chi connectivity index (χ2v) is 26.7. The molecule has 282 valence electrons. The molecule has 6 rings (SSSR count). The van der Waals surface area contributed by atoms with Gasteiger partial charge in [0.05, 0.1) is 17.5 Å². The van der Waals surface area contributed by atoms with Crippen LogP contribution in [0.25, 0.3) is 33.9 Å². The first-order chi connectivity index (χ1) is 25.2. The van der Waals surface area contributed by atoms with Crippen LogP contribution in [0.5, 0.6) is 0 Å². The fourth-order valence-electron chi connectivity index (χ4n) is 6.65. The van der Waals surface area contributed by atoms with E-state index in [1.54, 1.807) is 18.3 Å². The summed E-state index contributed by atoms with van der Waals surface area (Å²) in [5, 5.41) is 0. The summed E-state index contributed by atoms with van der Waals surface area (Å²) in [6.45, 7) is 8.38. The molecule has 0 unspecified atom stereocenters. The molecule has 0 aliphatic carbocycles. The number of halogens is 6. The fraction of sp³-hybridized carbons (Fsp3) is 0.410. The predicted molar refractivity (Wildman–Crippen MR) is 198 cm³/mol. The molecule has 0 fully saturated rings. The minimum absolute atomic E-state index is 0.00400. The number of alkyl halides is 4. The maximum atomic E-state index is 15.1. The molecule has 0 bridgehead atoms. The van der Waals surface area contributed by atoms with Crippen molar-refractivity contribution < 1.29 is 26.3 Å². The van der Waals surface area contributed by atoms with E-state index in [0.717, 1.165) is 26.0 Å². The monoisotopic (exact) mass is 845 g/mol. The van der Waals surface area contributed by atoms with Gasteiger partial charge < -0.3 is 0 Å². The summed E-state index contributed by atoms with van der Waals surface area (Å²) in [5.74, 6) is -7.15. The topological polar surface area (TPSA) is 73.3 Å².